The van der Waals surface area contributed by atoms with Crippen LogP contribution in [0.1, 0.15) is 28.3 Å². The first-order valence-electron chi connectivity index (χ1n) is 9.32. The highest BCUT2D eigenvalue weighted by Crippen LogP contribution is 2.50. The molecule has 1 unspecified atom stereocenters. The summed E-state index contributed by atoms with van der Waals surface area (Å²) in [7, 11) is 0. The van der Waals surface area contributed by atoms with Crippen molar-refractivity contribution in [2.45, 2.75) is 13.0 Å². The van der Waals surface area contributed by atoms with Crippen molar-refractivity contribution in [1.82, 2.24) is 4.90 Å². The van der Waals surface area contributed by atoms with Crippen LogP contribution in [0, 0.1) is 6.92 Å². The molecule has 2 aliphatic heterocycles. The highest BCUT2D eigenvalue weighted by Gasteiger charge is 2.42. The second-order valence-electron chi connectivity index (χ2n) is 7.00. The molecule has 0 bridgehead atoms. The van der Waals surface area contributed by atoms with Gasteiger partial charge >= 0.3 is 0 Å². The first-order valence-corrected chi connectivity index (χ1v) is 10.5. The van der Waals surface area contributed by atoms with E-state index in [0.717, 1.165) is 33.8 Å². The zero-order valence-electron chi connectivity index (χ0n) is 15.7. The predicted molar refractivity (Wildman–Crippen MR) is 121 cm³/mol. The van der Waals surface area contributed by atoms with Gasteiger partial charge in [0.05, 0.1) is 10.9 Å². The predicted octanol–water partition coefficient (Wildman–Crippen LogP) is 6.09. The number of rotatable bonds is 2. The summed E-state index contributed by atoms with van der Waals surface area (Å²) in [5, 5.41) is 0. The summed E-state index contributed by atoms with van der Waals surface area (Å²) < 4.78 is 6.75. The van der Waals surface area contributed by atoms with Crippen molar-refractivity contribution < 1.29 is 9.53 Å². The van der Waals surface area contributed by atoms with Crippen molar-refractivity contribution in [1.29, 1.82) is 0 Å². The zero-order chi connectivity index (χ0) is 20.0. The summed E-state index contributed by atoms with van der Waals surface area (Å²) in [6, 6.07) is 23.4. The van der Waals surface area contributed by atoms with Crippen molar-refractivity contribution in [3.63, 3.8) is 0 Å². The summed E-state index contributed by atoms with van der Waals surface area (Å²) in [5.41, 5.74) is 3.92. The Hall–Kier alpha value is -2.89. The fourth-order valence-electron chi connectivity index (χ4n) is 3.79. The third kappa shape index (κ3) is 3.07. The molecule has 5 rings (SSSR count). The quantitative estimate of drug-likeness (QED) is 0.374. The molecule has 1 saturated heterocycles. The van der Waals surface area contributed by atoms with Gasteiger partial charge in [-0.2, -0.15) is 0 Å². The first kappa shape index (κ1) is 18.2. The largest absolute Gasteiger partial charge is 0.456 e. The van der Waals surface area contributed by atoms with Crippen LogP contribution in [0.4, 0.5) is 0 Å². The van der Waals surface area contributed by atoms with E-state index in [4.69, 9.17) is 17.0 Å². The number of thiocarbonyl (C=S) groups is 1. The number of carbonyl (C=O) groups is 1. The topological polar surface area (TPSA) is 29.5 Å². The summed E-state index contributed by atoms with van der Waals surface area (Å²) in [6.07, 6.45) is 1.90. The molecule has 1 fully saturated rings. The SMILES string of the molecule is Cc1cccc2c1Oc1ccccc1C2N1C(=O)C(=Cc2ccccc2)SC1=S. The molecule has 3 nitrogen and oxygen atoms in total. The van der Waals surface area contributed by atoms with Gasteiger partial charge in [0.2, 0.25) is 0 Å². The lowest BCUT2D eigenvalue weighted by Gasteiger charge is -2.34. The lowest BCUT2D eigenvalue weighted by atomic mass is 9.92. The van der Waals surface area contributed by atoms with Gasteiger partial charge in [-0.25, -0.2) is 0 Å². The van der Waals surface area contributed by atoms with Crippen LogP contribution in [0.25, 0.3) is 6.08 Å². The number of amides is 1. The van der Waals surface area contributed by atoms with Crippen LogP contribution in [0.2, 0.25) is 0 Å². The molecule has 1 atom stereocenters. The van der Waals surface area contributed by atoms with Crippen LogP contribution in [0.3, 0.4) is 0 Å². The fourth-order valence-corrected chi connectivity index (χ4v) is 5.10. The Labute approximate surface area is 179 Å². The highest BCUT2D eigenvalue weighted by atomic mass is 32.2. The Bertz CT molecular complexity index is 1170. The number of para-hydroxylation sites is 2. The van der Waals surface area contributed by atoms with E-state index in [1.54, 1.807) is 4.90 Å². The third-order valence-corrected chi connectivity index (χ3v) is 6.47. The Morgan fingerprint density at radius 3 is 2.52 bits per heavy atom. The molecule has 0 spiro atoms. The van der Waals surface area contributed by atoms with Crippen LogP contribution < -0.4 is 4.74 Å². The van der Waals surface area contributed by atoms with Gasteiger partial charge in [-0.1, -0.05) is 90.7 Å². The van der Waals surface area contributed by atoms with Gasteiger partial charge in [-0.05, 0) is 30.2 Å². The number of carbonyl (C=O) groups excluding carboxylic acids is 1. The summed E-state index contributed by atoms with van der Waals surface area (Å²) in [5.74, 6) is 1.50. The van der Waals surface area contributed by atoms with Gasteiger partial charge in [-0.15, -0.1) is 0 Å². The maximum Gasteiger partial charge on any atom is 0.267 e. The minimum atomic E-state index is -0.302. The molecule has 0 saturated carbocycles. The number of hydrogen-bond acceptors (Lipinski definition) is 4. The summed E-state index contributed by atoms with van der Waals surface area (Å²) in [4.78, 5) is 15.8. The summed E-state index contributed by atoms with van der Waals surface area (Å²) >= 11 is 7.02. The van der Waals surface area contributed by atoms with E-state index < -0.39 is 0 Å². The molecule has 29 heavy (non-hydrogen) atoms. The average molecular weight is 416 g/mol. The maximum atomic E-state index is 13.4. The highest BCUT2D eigenvalue weighted by molar-refractivity contribution is 8.26. The first-order chi connectivity index (χ1) is 14.1. The van der Waals surface area contributed by atoms with Crippen LogP contribution >= 0.6 is 24.0 Å². The van der Waals surface area contributed by atoms with E-state index in [-0.39, 0.29) is 11.9 Å². The average Bonchev–Trinajstić information content (AvgIpc) is 3.01. The Morgan fingerprint density at radius 1 is 0.966 bits per heavy atom. The maximum absolute atomic E-state index is 13.4. The number of aryl methyl sites for hydroxylation is 1. The standard InChI is InChI=1S/C24H17NO2S2/c1-15-8-7-12-18-21(17-11-5-6-13-19(17)27-22(15)18)25-23(26)20(29-24(25)28)14-16-9-3-2-4-10-16/h2-14,21H,1H3. The van der Waals surface area contributed by atoms with Crippen LogP contribution in [-0.4, -0.2) is 15.1 Å². The molecular formula is C24H17NO2S2. The van der Waals surface area contributed by atoms with Gasteiger partial charge in [0.15, 0.2) is 0 Å². The molecule has 142 valence electrons. The molecule has 0 N–H and O–H groups in total. The molecule has 1 amide bonds. The molecule has 3 aromatic rings. The zero-order valence-corrected chi connectivity index (χ0v) is 17.3. The van der Waals surface area contributed by atoms with E-state index in [0.29, 0.717) is 9.23 Å². The number of ether oxygens (including phenoxy) is 1. The second-order valence-corrected chi connectivity index (χ2v) is 8.67. The number of hydrogen-bond donors (Lipinski definition) is 0. The van der Waals surface area contributed by atoms with Crippen LogP contribution in [0.15, 0.2) is 77.7 Å². The third-order valence-electron chi connectivity index (χ3n) is 5.14. The van der Waals surface area contributed by atoms with Crippen molar-refractivity contribution in [2.24, 2.45) is 0 Å². The molecular weight excluding hydrogens is 398 g/mol. The second kappa shape index (κ2) is 7.17. The minimum absolute atomic E-state index is 0.0713. The normalized spacial score (nSPS) is 19.1. The molecule has 2 heterocycles. The van der Waals surface area contributed by atoms with E-state index in [1.807, 2.05) is 85.8 Å². The summed E-state index contributed by atoms with van der Waals surface area (Å²) in [6.45, 7) is 2.02. The van der Waals surface area contributed by atoms with E-state index in [9.17, 15) is 4.79 Å². The van der Waals surface area contributed by atoms with Gasteiger partial charge in [0.1, 0.15) is 15.8 Å². The molecule has 3 aromatic carbocycles. The van der Waals surface area contributed by atoms with Gasteiger partial charge in [-0.3, -0.25) is 9.69 Å². The lowest BCUT2D eigenvalue weighted by Crippen LogP contribution is -2.35. The number of benzene rings is 3. The van der Waals surface area contributed by atoms with Crippen molar-refractivity contribution >= 4 is 40.3 Å². The van der Waals surface area contributed by atoms with E-state index in [1.165, 1.54) is 11.8 Å². The van der Waals surface area contributed by atoms with Gasteiger partial charge in [0.25, 0.3) is 5.91 Å². The molecule has 2 aliphatic rings. The van der Waals surface area contributed by atoms with Gasteiger partial charge in [0, 0.05) is 11.1 Å². The molecule has 5 heteroatoms. The Morgan fingerprint density at radius 2 is 1.69 bits per heavy atom. The van der Waals surface area contributed by atoms with Crippen LogP contribution in [0.5, 0.6) is 11.5 Å². The molecule has 0 radical (unpaired) electrons. The van der Waals surface area contributed by atoms with Crippen molar-refractivity contribution in [2.75, 3.05) is 0 Å². The van der Waals surface area contributed by atoms with E-state index >= 15 is 0 Å². The lowest BCUT2D eigenvalue weighted by molar-refractivity contribution is -0.123. The Kier molecular flexibility index (Phi) is 4.49. The number of nitrogens with zero attached hydrogens (tertiary/aromatic N) is 1. The van der Waals surface area contributed by atoms with Crippen molar-refractivity contribution in [3.05, 3.63) is 100.0 Å². The smallest absolute Gasteiger partial charge is 0.267 e. The number of fused-ring (bicyclic) bond motifs is 2. The van der Waals surface area contributed by atoms with E-state index in [2.05, 4.69) is 0 Å². The number of thioether (sulfide) groups is 1. The minimum Gasteiger partial charge on any atom is -0.456 e. The molecule has 0 aliphatic carbocycles. The van der Waals surface area contributed by atoms with Crippen molar-refractivity contribution in [3.8, 4) is 11.5 Å². The fraction of sp³-hybridized carbons (Fsp3) is 0.0833. The monoisotopic (exact) mass is 415 g/mol. The molecule has 0 aromatic heterocycles. The van der Waals surface area contributed by atoms with Crippen LogP contribution in [-0.2, 0) is 4.79 Å². The van der Waals surface area contributed by atoms with Gasteiger partial charge < -0.3 is 4.74 Å². The Balaban J connectivity index is 1.63.